The van der Waals surface area contributed by atoms with Crippen LogP contribution < -0.4 is 0 Å². The van der Waals surface area contributed by atoms with Gasteiger partial charge in [0.05, 0.1) is 6.61 Å². The summed E-state index contributed by atoms with van der Waals surface area (Å²) in [7, 11) is 1.93. The minimum absolute atomic E-state index is 0.0274. The summed E-state index contributed by atoms with van der Waals surface area (Å²) < 4.78 is 5.26. The van der Waals surface area contributed by atoms with Gasteiger partial charge in [-0.15, -0.1) is 0 Å². The van der Waals surface area contributed by atoms with E-state index in [4.69, 9.17) is 9.52 Å². The first kappa shape index (κ1) is 13.0. The number of likely N-dealkylation sites (N-methyl/N-ethyl adjacent to an activating group) is 1. The van der Waals surface area contributed by atoms with Crippen LogP contribution in [-0.2, 0) is 6.54 Å². The van der Waals surface area contributed by atoms with Gasteiger partial charge in [-0.2, -0.15) is 0 Å². The van der Waals surface area contributed by atoms with Crippen molar-refractivity contribution in [2.24, 2.45) is 0 Å². The number of fused-ring (bicyclic) bond motifs is 1. The Morgan fingerprint density at radius 1 is 1.39 bits per heavy atom. The highest BCUT2D eigenvalue weighted by molar-refractivity contribution is 5.72. The lowest BCUT2D eigenvalue weighted by Gasteiger charge is -2.25. The number of oxazole rings is 1. The monoisotopic (exact) mass is 250 g/mol. The van der Waals surface area contributed by atoms with Crippen LogP contribution in [0.1, 0.15) is 12.0 Å². The summed E-state index contributed by atoms with van der Waals surface area (Å²) in [6.07, 6.45) is 2.00. The van der Waals surface area contributed by atoms with Gasteiger partial charge in [0.15, 0.2) is 12.0 Å². The van der Waals surface area contributed by atoms with Crippen LogP contribution in [0.2, 0.25) is 0 Å². The van der Waals surface area contributed by atoms with Crippen LogP contribution in [-0.4, -0.2) is 46.4 Å². The van der Waals surface area contributed by atoms with Crippen LogP contribution in [0.15, 0.2) is 29.0 Å². The molecule has 0 spiro atoms. The van der Waals surface area contributed by atoms with Crippen molar-refractivity contribution in [3.63, 3.8) is 0 Å². The van der Waals surface area contributed by atoms with Crippen molar-refractivity contribution >= 4 is 11.1 Å². The maximum atomic E-state index is 9.26. The smallest absolute Gasteiger partial charge is 0.181 e. The van der Waals surface area contributed by atoms with E-state index in [-0.39, 0.29) is 19.3 Å². The van der Waals surface area contributed by atoms with E-state index in [1.54, 1.807) is 0 Å². The number of nitrogens with zero attached hydrogens (tertiary/aromatic N) is 2. The van der Waals surface area contributed by atoms with E-state index in [2.05, 4.69) is 4.98 Å². The Bertz CT molecular complexity index is 498. The third-order valence-corrected chi connectivity index (χ3v) is 3.12. The summed E-state index contributed by atoms with van der Waals surface area (Å²) in [5, 5.41) is 18.2. The molecular formula is C13H18N2O3. The van der Waals surface area contributed by atoms with Gasteiger partial charge in [-0.1, -0.05) is 6.07 Å². The molecule has 1 unspecified atom stereocenters. The van der Waals surface area contributed by atoms with Crippen LogP contribution >= 0.6 is 0 Å². The molecule has 0 saturated heterocycles. The molecule has 2 aromatic rings. The molecular weight excluding hydrogens is 232 g/mol. The second-order valence-corrected chi connectivity index (χ2v) is 4.42. The normalized spacial score (nSPS) is 13.3. The van der Waals surface area contributed by atoms with E-state index in [9.17, 15) is 5.11 Å². The van der Waals surface area contributed by atoms with Crippen LogP contribution in [0.25, 0.3) is 11.1 Å². The van der Waals surface area contributed by atoms with Crippen molar-refractivity contribution in [3.05, 3.63) is 30.2 Å². The maximum Gasteiger partial charge on any atom is 0.181 e. The van der Waals surface area contributed by atoms with Gasteiger partial charge in [0.1, 0.15) is 5.52 Å². The van der Waals surface area contributed by atoms with Crippen molar-refractivity contribution in [1.29, 1.82) is 0 Å². The molecule has 0 radical (unpaired) electrons. The van der Waals surface area contributed by atoms with Crippen molar-refractivity contribution < 1.29 is 14.6 Å². The van der Waals surface area contributed by atoms with Gasteiger partial charge in [-0.3, -0.25) is 4.90 Å². The van der Waals surface area contributed by atoms with Gasteiger partial charge in [0.25, 0.3) is 0 Å². The Labute approximate surface area is 106 Å². The molecule has 1 atom stereocenters. The number of hydrogen-bond donors (Lipinski definition) is 2. The lowest BCUT2D eigenvalue weighted by atomic mass is 10.1. The fourth-order valence-electron chi connectivity index (χ4n) is 2.02. The fraction of sp³-hybridized carbons (Fsp3) is 0.462. The molecule has 18 heavy (non-hydrogen) atoms. The highest BCUT2D eigenvalue weighted by Crippen LogP contribution is 2.16. The van der Waals surface area contributed by atoms with Gasteiger partial charge >= 0.3 is 0 Å². The SMILES string of the molecule is CN(Cc1ccc2ncoc2c1)C(CO)CCO. The average Bonchev–Trinajstić information content (AvgIpc) is 2.83. The topological polar surface area (TPSA) is 69.7 Å². The third kappa shape index (κ3) is 2.87. The predicted molar refractivity (Wildman–Crippen MR) is 68.1 cm³/mol. The number of aliphatic hydroxyl groups excluding tert-OH is 2. The zero-order chi connectivity index (χ0) is 13.0. The lowest BCUT2D eigenvalue weighted by Crippen LogP contribution is -2.35. The van der Waals surface area contributed by atoms with Crippen LogP contribution in [0, 0.1) is 0 Å². The van der Waals surface area contributed by atoms with Crippen LogP contribution in [0.4, 0.5) is 0 Å². The van der Waals surface area contributed by atoms with Gasteiger partial charge in [-0.25, -0.2) is 4.98 Å². The fourth-order valence-corrected chi connectivity index (χ4v) is 2.02. The van der Waals surface area contributed by atoms with Gasteiger partial charge in [0.2, 0.25) is 0 Å². The largest absolute Gasteiger partial charge is 0.443 e. The number of aromatic nitrogens is 1. The zero-order valence-corrected chi connectivity index (χ0v) is 10.4. The molecule has 98 valence electrons. The second kappa shape index (κ2) is 5.95. The average molecular weight is 250 g/mol. The number of rotatable bonds is 6. The van der Waals surface area contributed by atoms with Crippen LogP contribution in [0.5, 0.6) is 0 Å². The first-order valence-electron chi connectivity index (χ1n) is 5.98. The Kier molecular flexibility index (Phi) is 4.30. The Morgan fingerprint density at radius 3 is 2.94 bits per heavy atom. The van der Waals surface area contributed by atoms with E-state index < -0.39 is 0 Å². The molecule has 0 aliphatic heterocycles. The zero-order valence-electron chi connectivity index (χ0n) is 10.4. The highest BCUT2D eigenvalue weighted by atomic mass is 16.3. The Morgan fingerprint density at radius 2 is 2.22 bits per heavy atom. The molecule has 0 bridgehead atoms. The second-order valence-electron chi connectivity index (χ2n) is 4.42. The molecule has 0 aliphatic rings. The van der Waals surface area contributed by atoms with Crippen LogP contribution in [0.3, 0.4) is 0 Å². The molecule has 5 nitrogen and oxygen atoms in total. The summed E-state index contributed by atoms with van der Waals surface area (Å²) in [6.45, 7) is 0.820. The van der Waals surface area contributed by atoms with Gasteiger partial charge in [-0.05, 0) is 31.2 Å². The minimum Gasteiger partial charge on any atom is -0.443 e. The molecule has 0 saturated carbocycles. The summed E-state index contributed by atoms with van der Waals surface area (Å²) in [4.78, 5) is 6.09. The first-order valence-corrected chi connectivity index (χ1v) is 5.98. The number of hydrogen-bond acceptors (Lipinski definition) is 5. The maximum absolute atomic E-state index is 9.26. The van der Waals surface area contributed by atoms with E-state index in [0.29, 0.717) is 13.0 Å². The molecule has 1 aromatic carbocycles. The summed E-state index contributed by atoms with van der Waals surface area (Å²) in [6, 6.07) is 5.84. The summed E-state index contributed by atoms with van der Waals surface area (Å²) in [5.74, 6) is 0. The van der Waals surface area contributed by atoms with E-state index >= 15 is 0 Å². The quantitative estimate of drug-likeness (QED) is 0.800. The summed E-state index contributed by atoms with van der Waals surface area (Å²) in [5.41, 5.74) is 2.71. The molecule has 1 aromatic heterocycles. The molecule has 5 heteroatoms. The lowest BCUT2D eigenvalue weighted by molar-refractivity contribution is 0.115. The molecule has 0 amide bonds. The Balaban J connectivity index is 2.07. The third-order valence-electron chi connectivity index (χ3n) is 3.12. The minimum atomic E-state index is -0.0274. The van der Waals surface area contributed by atoms with Crippen molar-refractivity contribution in [3.8, 4) is 0 Å². The predicted octanol–water partition coefficient (Wildman–Crippen LogP) is 1.00. The van der Waals surface area contributed by atoms with Gasteiger partial charge < -0.3 is 14.6 Å². The van der Waals surface area contributed by atoms with E-state index in [0.717, 1.165) is 16.7 Å². The molecule has 1 heterocycles. The van der Waals surface area contributed by atoms with Crippen molar-refractivity contribution in [2.45, 2.75) is 19.0 Å². The molecule has 0 aliphatic carbocycles. The van der Waals surface area contributed by atoms with Gasteiger partial charge in [0, 0.05) is 19.2 Å². The number of aliphatic hydroxyl groups is 2. The van der Waals surface area contributed by atoms with Crippen molar-refractivity contribution in [2.75, 3.05) is 20.3 Å². The standard InChI is InChI=1S/C13H18N2O3/c1-15(11(8-17)4-5-16)7-10-2-3-12-13(6-10)18-9-14-12/h2-3,6,9,11,16-17H,4-5,7-8H2,1H3. The van der Waals surface area contributed by atoms with Crippen molar-refractivity contribution in [1.82, 2.24) is 9.88 Å². The highest BCUT2D eigenvalue weighted by Gasteiger charge is 2.13. The first-order chi connectivity index (χ1) is 8.74. The number of benzene rings is 1. The molecule has 2 N–H and O–H groups in total. The van der Waals surface area contributed by atoms with E-state index in [1.165, 1.54) is 6.39 Å². The van der Waals surface area contributed by atoms with E-state index in [1.807, 2.05) is 30.1 Å². The molecule has 0 fully saturated rings. The summed E-state index contributed by atoms with van der Waals surface area (Å²) >= 11 is 0. The Hall–Kier alpha value is -1.43. The molecule has 2 rings (SSSR count).